The van der Waals surface area contributed by atoms with E-state index in [4.69, 9.17) is 5.73 Å². The molecular weight excluding hydrogens is 414 g/mol. The van der Waals surface area contributed by atoms with Gasteiger partial charge in [-0.3, -0.25) is 9.59 Å². The van der Waals surface area contributed by atoms with E-state index in [1.54, 1.807) is 24.0 Å². The number of carbonyl (C=O) groups excluding carboxylic acids is 2. The third-order valence-electron chi connectivity index (χ3n) is 6.49. The Kier molecular flexibility index (Phi) is 8.50. The average Bonchev–Trinajstić information content (AvgIpc) is 3.61. The van der Waals surface area contributed by atoms with Gasteiger partial charge in [-0.05, 0) is 93.2 Å². The number of benzene rings is 2. The number of carbonyl (C=O) groups is 2. The molecule has 33 heavy (non-hydrogen) atoms. The molecule has 1 aliphatic carbocycles. The number of phenolic OH excluding ortho intramolecular Hbond substituents is 1. The maximum Gasteiger partial charge on any atom is 0.242 e. The van der Waals surface area contributed by atoms with E-state index in [0.717, 1.165) is 42.4 Å². The van der Waals surface area contributed by atoms with Crippen LogP contribution < -0.4 is 11.1 Å². The second-order valence-corrected chi connectivity index (χ2v) is 9.36. The molecule has 0 radical (unpaired) electrons. The van der Waals surface area contributed by atoms with Gasteiger partial charge in [-0.2, -0.15) is 0 Å². The highest BCUT2D eigenvalue weighted by molar-refractivity contribution is 5.89. The van der Waals surface area contributed by atoms with Crippen molar-refractivity contribution in [3.05, 3.63) is 64.7 Å². The summed E-state index contributed by atoms with van der Waals surface area (Å²) in [4.78, 5) is 27.9. The lowest BCUT2D eigenvalue weighted by atomic mass is 9.95. The molecule has 6 nitrogen and oxygen atoms in total. The molecule has 6 heteroatoms. The van der Waals surface area contributed by atoms with E-state index < -0.39 is 12.1 Å². The SMILES string of the molecule is Cc1cc(O)cc(C)c1C[C@H](N)C(=O)N(CC1CC1)[C@H](C)C(=O)NCCCc1ccccc1. The molecule has 0 bridgehead atoms. The summed E-state index contributed by atoms with van der Waals surface area (Å²) >= 11 is 0. The Balaban J connectivity index is 1.59. The molecule has 0 unspecified atom stereocenters. The standard InChI is InChI=1S/C27H37N3O3/c1-18-14-23(31)15-19(2)24(18)16-25(28)27(33)30(17-22-11-12-22)20(3)26(32)29-13-7-10-21-8-5-4-6-9-21/h4-6,8-9,14-15,20,22,25,31H,7,10-13,16-17,28H2,1-3H3,(H,29,32)/t20-,25+/m1/s1. The first kappa shape index (κ1) is 24.8. The molecule has 2 atom stereocenters. The summed E-state index contributed by atoms with van der Waals surface area (Å²) in [6.07, 6.45) is 4.29. The molecule has 0 saturated heterocycles. The summed E-state index contributed by atoms with van der Waals surface area (Å²) in [5, 5.41) is 12.8. The molecule has 1 aliphatic rings. The summed E-state index contributed by atoms with van der Waals surface area (Å²) in [5.74, 6) is 0.329. The molecule has 2 amide bonds. The van der Waals surface area contributed by atoms with Gasteiger partial charge in [-0.15, -0.1) is 0 Å². The number of phenols is 1. The van der Waals surface area contributed by atoms with Crippen LogP contribution in [-0.4, -0.2) is 47.0 Å². The average molecular weight is 452 g/mol. The summed E-state index contributed by atoms with van der Waals surface area (Å²) < 4.78 is 0. The monoisotopic (exact) mass is 451 g/mol. The molecule has 0 aromatic heterocycles. The van der Waals surface area contributed by atoms with Crippen molar-refractivity contribution in [2.75, 3.05) is 13.1 Å². The Morgan fingerprint density at radius 3 is 2.39 bits per heavy atom. The molecule has 2 aromatic rings. The molecule has 1 fully saturated rings. The first-order valence-electron chi connectivity index (χ1n) is 11.9. The number of nitrogens with two attached hydrogens (primary N) is 1. The van der Waals surface area contributed by atoms with E-state index in [1.165, 1.54) is 5.56 Å². The molecule has 2 aromatic carbocycles. The fraction of sp³-hybridized carbons (Fsp3) is 0.481. The Hall–Kier alpha value is -2.86. The minimum Gasteiger partial charge on any atom is -0.508 e. The number of aromatic hydroxyl groups is 1. The van der Waals surface area contributed by atoms with Crippen molar-refractivity contribution >= 4 is 11.8 Å². The van der Waals surface area contributed by atoms with Gasteiger partial charge >= 0.3 is 0 Å². The molecule has 0 aliphatic heterocycles. The molecule has 0 spiro atoms. The van der Waals surface area contributed by atoms with Gasteiger partial charge in [0.15, 0.2) is 0 Å². The highest BCUT2D eigenvalue weighted by Crippen LogP contribution is 2.31. The summed E-state index contributed by atoms with van der Waals surface area (Å²) in [6, 6.07) is 12.3. The van der Waals surface area contributed by atoms with Crippen LogP contribution in [0, 0.1) is 19.8 Å². The third-order valence-corrected chi connectivity index (χ3v) is 6.49. The highest BCUT2D eigenvalue weighted by Gasteiger charge is 2.34. The highest BCUT2D eigenvalue weighted by atomic mass is 16.3. The zero-order valence-electron chi connectivity index (χ0n) is 20.0. The van der Waals surface area contributed by atoms with Gasteiger partial charge in [0.1, 0.15) is 11.8 Å². The Morgan fingerprint density at radius 2 is 1.79 bits per heavy atom. The summed E-state index contributed by atoms with van der Waals surface area (Å²) in [6.45, 7) is 6.75. The van der Waals surface area contributed by atoms with Crippen LogP contribution in [0.2, 0.25) is 0 Å². The van der Waals surface area contributed by atoms with E-state index in [0.29, 0.717) is 25.4 Å². The summed E-state index contributed by atoms with van der Waals surface area (Å²) in [5.41, 5.74) is 10.4. The second kappa shape index (κ2) is 11.3. The number of nitrogens with one attached hydrogen (secondary N) is 1. The van der Waals surface area contributed by atoms with Crippen molar-refractivity contribution in [2.45, 2.75) is 65.0 Å². The lowest BCUT2D eigenvalue weighted by Crippen LogP contribution is -2.54. The molecule has 178 valence electrons. The number of aryl methyl sites for hydroxylation is 3. The van der Waals surface area contributed by atoms with E-state index in [1.807, 2.05) is 32.0 Å². The van der Waals surface area contributed by atoms with Gasteiger partial charge in [-0.1, -0.05) is 30.3 Å². The Morgan fingerprint density at radius 1 is 1.15 bits per heavy atom. The van der Waals surface area contributed by atoms with Crippen molar-refractivity contribution in [3.8, 4) is 5.75 Å². The molecular formula is C27H37N3O3. The minimum absolute atomic E-state index is 0.138. The number of hydrogen-bond acceptors (Lipinski definition) is 4. The first-order valence-corrected chi connectivity index (χ1v) is 11.9. The van der Waals surface area contributed by atoms with Crippen molar-refractivity contribution in [1.82, 2.24) is 10.2 Å². The lowest BCUT2D eigenvalue weighted by molar-refractivity contribution is -0.141. The number of amides is 2. The van der Waals surface area contributed by atoms with E-state index in [9.17, 15) is 14.7 Å². The molecule has 3 rings (SSSR count). The lowest BCUT2D eigenvalue weighted by Gasteiger charge is -2.31. The van der Waals surface area contributed by atoms with E-state index >= 15 is 0 Å². The number of rotatable bonds is 11. The Labute approximate surface area is 197 Å². The second-order valence-electron chi connectivity index (χ2n) is 9.36. The van der Waals surface area contributed by atoms with Crippen molar-refractivity contribution in [2.24, 2.45) is 11.7 Å². The van der Waals surface area contributed by atoms with Crippen molar-refractivity contribution in [3.63, 3.8) is 0 Å². The zero-order valence-corrected chi connectivity index (χ0v) is 20.0. The molecule has 0 heterocycles. The minimum atomic E-state index is -0.737. The quantitative estimate of drug-likeness (QED) is 0.457. The number of nitrogens with zero attached hydrogens (tertiary/aromatic N) is 1. The van der Waals surface area contributed by atoms with Gasteiger partial charge in [0.2, 0.25) is 11.8 Å². The molecule has 4 N–H and O–H groups in total. The van der Waals surface area contributed by atoms with Crippen LogP contribution in [0.15, 0.2) is 42.5 Å². The van der Waals surface area contributed by atoms with Crippen LogP contribution in [0.1, 0.15) is 48.4 Å². The first-order chi connectivity index (χ1) is 15.8. The van der Waals surface area contributed by atoms with Crippen LogP contribution in [0.5, 0.6) is 5.75 Å². The predicted molar refractivity (Wildman–Crippen MR) is 131 cm³/mol. The fourth-order valence-corrected chi connectivity index (χ4v) is 4.27. The maximum atomic E-state index is 13.3. The predicted octanol–water partition coefficient (Wildman–Crippen LogP) is 3.25. The van der Waals surface area contributed by atoms with Crippen molar-refractivity contribution in [1.29, 1.82) is 0 Å². The van der Waals surface area contributed by atoms with E-state index in [-0.39, 0.29) is 17.6 Å². The van der Waals surface area contributed by atoms with Crippen LogP contribution in [0.4, 0.5) is 0 Å². The van der Waals surface area contributed by atoms with Gasteiger partial charge in [0.25, 0.3) is 0 Å². The van der Waals surface area contributed by atoms with Gasteiger partial charge in [-0.25, -0.2) is 0 Å². The van der Waals surface area contributed by atoms with Crippen LogP contribution in [0.25, 0.3) is 0 Å². The number of hydrogen-bond donors (Lipinski definition) is 3. The van der Waals surface area contributed by atoms with Gasteiger partial charge in [0, 0.05) is 13.1 Å². The van der Waals surface area contributed by atoms with Crippen LogP contribution >= 0.6 is 0 Å². The fourth-order valence-electron chi connectivity index (χ4n) is 4.27. The summed E-state index contributed by atoms with van der Waals surface area (Å²) in [7, 11) is 0. The van der Waals surface area contributed by atoms with Gasteiger partial charge < -0.3 is 21.1 Å². The smallest absolute Gasteiger partial charge is 0.242 e. The van der Waals surface area contributed by atoms with Crippen molar-refractivity contribution < 1.29 is 14.7 Å². The largest absolute Gasteiger partial charge is 0.508 e. The molecule has 1 saturated carbocycles. The van der Waals surface area contributed by atoms with Crippen LogP contribution in [-0.2, 0) is 22.4 Å². The maximum absolute atomic E-state index is 13.3. The van der Waals surface area contributed by atoms with Gasteiger partial charge in [0.05, 0.1) is 6.04 Å². The topological polar surface area (TPSA) is 95.7 Å². The third kappa shape index (κ3) is 7.06. The zero-order chi connectivity index (χ0) is 24.0. The Bertz CT molecular complexity index is 933. The normalized spacial score (nSPS) is 15.0. The van der Waals surface area contributed by atoms with E-state index in [2.05, 4.69) is 17.4 Å². The van der Waals surface area contributed by atoms with Crippen LogP contribution in [0.3, 0.4) is 0 Å².